The van der Waals surface area contributed by atoms with Gasteiger partial charge in [-0.15, -0.1) is 0 Å². The molecule has 186 valence electrons. The summed E-state index contributed by atoms with van der Waals surface area (Å²) in [7, 11) is -23.4. The molecule has 4 N–H and O–H groups in total. The van der Waals surface area contributed by atoms with Gasteiger partial charge < -0.3 is 43.1 Å². The molecule has 27 heteroatoms. The van der Waals surface area contributed by atoms with Crippen LogP contribution < -0.4 is 149 Å². The first kappa shape index (κ1) is 43.6. The summed E-state index contributed by atoms with van der Waals surface area (Å²) in [5.41, 5.74) is 0. The number of nitrogens with two attached hydrogens (primary N) is 1. The Bertz CT molecular complexity index is 1030. The van der Waals surface area contributed by atoms with Crippen LogP contribution in [0.4, 0.5) is 4.79 Å². The van der Waals surface area contributed by atoms with E-state index < -0.39 is 82.9 Å². The molecule has 0 radical (unpaired) electrons. The molecule has 0 aromatic rings. The van der Waals surface area contributed by atoms with E-state index in [-0.39, 0.29) is 124 Å². The van der Waals surface area contributed by atoms with Crippen molar-refractivity contribution in [2.24, 2.45) is 0 Å². The van der Waals surface area contributed by atoms with Crippen LogP contribution in [0.3, 0.4) is 0 Å². The number of phosphoric acid groups is 3. The number of aliphatic hydroxyl groups is 1. The molecule has 0 aliphatic carbocycles. The van der Waals surface area contributed by atoms with Crippen molar-refractivity contribution in [1.82, 2.24) is 10.2 Å². The zero-order valence-electron chi connectivity index (χ0n) is 19.3. The molecule has 0 saturated carbocycles. The first-order chi connectivity index (χ1) is 14.3. The minimum absolute atomic E-state index is 0. The van der Waals surface area contributed by atoms with Gasteiger partial charge in [-0.05, 0) is 0 Å². The van der Waals surface area contributed by atoms with Gasteiger partial charge in [-0.3, -0.25) is 23.7 Å². The first-order valence-electron chi connectivity index (χ1n) is 8.00. The quantitative estimate of drug-likeness (QED) is 0.120. The molecule has 2 heterocycles. The molecule has 0 spiro atoms. The minimum Gasteiger partial charge on any atom is -0.790 e. The number of hydrogen-bond donors (Lipinski definition) is 3. The van der Waals surface area contributed by atoms with Crippen molar-refractivity contribution >= 4 is 45.5 Å². The Labute approximate surface area is 292 Å². The van der Waals surface area contributed by atoms with E-state index in [0.29, 0.717) is 4.90 Å². The van der Waals surface area contributed by atoms with Crippen molar-refractivity contribution in [3.63, 3.8) is 0 Å². The zero-order chi connectivity index (χ0) is 24.7. The van der Waals surface area contributed by atoms with Crippen molar-refractivity contribution in [1.29, 1.82) is 0 Å². The fraction of sp³-hybridized carbons (Fsp3) is 0.778. The van der Waals surface area contributed by atoms with Gasteiger partial charge in [0.2, 0.25) is 0 Å². The van der Waals surface area contributed by atoms with Gasteiger partial charge in [0.05, 0.1) is 27.0 Å². The maximum atomic E-state index is 12.1. The Hall–Kier alpha value is 3.18. The molecule has 6 unspecified atom stereocenters. The Morgan fingerprint density at radius 3 is 2.08 bits per heavy atom. The zero-order valence-corrected chi connectivity index (χ0v) is 30.8. The van der Waals surface area contributed by atoms with Gasteiger partial charge in [-0.1, -0.05) is 0 Å². The van der Waals surface area contributed by atoms with Gasteiger partial charge >= 0.3 is 124 Å². The Morgan fingerprint density at radius 1 is 1.08 bits per heavy atom. The summed E-state index contributed by atoms with van der Waals surface area (Å²) in [5, 5.41) is 15.4. The molecule has 0 aromatic heterocycles. The molecule has 2 aliphatic heterocycles. The number of amidine groups is 1. The summed E-state index contributed by atoms with van der Waals surface area (Å²) < 4.78 is 83.0. The number of urea groups is 1. The maximum Gasteiger partial charge on any atom is 1.00 e. The number of nitrogens with zero attached hydrogens (tertiary/aromatic N) is 1. The number of phosphoric ester groups is 1. The topological polar surface area (TPSA) is 316 Å². The summed E-state index contributed by atoms with van der Waals surface area (Å²) in [6.07, 6.45) is -5.97. The van der Waals surface area contributed by atoms with Crippen LogP contribution in [0.2, 0.25) is 0 Å². The molecular weight excluding hydrogens is 623 g/mol. The van der Waals surface area contributed by atoms with Gasteiger partial charge in [0.1, 0.15) is 27.8 Å². The van der Waals surface area contributed by atoms with E-state index in [1.54, 1.807) is 0 Å². The van der Waals surface area contributed by atoms with Crippen LogP contribution in [0.15, 0.2) is 0 Å². The van der Waals surface area contributed by atoms with Crippen LogP contribution in [0, 0.1) is 0 Å². The molecule has 0 bridgehead atoms. The van der Waals surface area contributed by atoms with Crippen molar-refractivity contribution in [3.8, 4) is 0 Å². The van der Waals surface area contributed by atoms with E-state index in [1.807, 2.05) is 0 Å². The smallest absolute Gasteiger partial charge is 0.790 e. The van der Waals surface area contributed by atoms with Gasteiger partial charge in [0.15, 0.2) is 0 Å². The third kappa shape index (κ3) is 13.9. The van der Waals surface area contributed by atoms with Crippen LogP contribution in [-0.2, 0) is 41.7 Å². The van der Waals surface area contributed by atoms with E-state index in [2.05, 4.69) is 18.5 Å². The molecule has 2 amide bonds. The number of hydrogen-bond acceptors (Lipinski definition) is 16. The molecule has 36 heavy (non-hydrogen) atoms. The fourth-order valence-corrected chi connectivity index (χ4v) is 6.47. The first-order valence-corrected chi connectivity index (χ1v) is 13.9. The maximum absolute atomic E-state index is 12.1. The molecule has 6 atom stereocenters. The van der Waals surface area contributed by atoms with E-state index in [0.717, 1.165) is 0 Å². The van der Waals surface area contributed by atoms with Crippen LogP contribution in [0.25, 0.3) is 0 Å². The number of amides is 2. The van der Waals surface area contributed by atoms with Crippen LogP contribution in [0.1, 0.15) is 12.8 Å². The van der Waals surface area contributed by atoms with Crippen LogP contribution in [0.5, 0.6) is 0 Å². The number of rotatable bonds is 9. The summed E-state index contributed by atoms with van der Waals surface area (Å²) in [5.74, 6) is -0.330. The second-order valence-electron chi connectivity index (χ2n) is 6.25. The standard InChI is InChI=1S/C9H18N3O16P3S.4Na/c10-6-2-8(32(22,23)24)12(9(14)11-6)7-1-4(13)5(26-7)3-25-30(18,19)28-31(20,21)27-29(15,16)17;;;;/h4-5,7-8,13H,1-3H2,(H,18,19)(H,20,21)(H2,10,11,14)(H2,15,16,17)(H,22,23,24);;;;/q;4*+1/p-4. The summed E-state index contributed by atoms with van der Waals surface area (Å²) in [6, 6.07) is -1.17. The second-order valence-corrected chi connectivity index (χ2v) is 12.0. The Kier molecular flexibility index (Phi) is 20.3. The summed E-state index contributed by atoms with van der Waals surface area (Å²) in [4.78, 5) is 55.7. The Balaban J connectivity index is -0.00000272. The number of ether oxygens (including phenoxy) is 1. The number of carbonyl (C=O) groups excluding carboxylic acids is 1. The fourth-order valence-electron chi connectivity index (χ4n) is 2.71. The minimum atomic E-state index is -6.21. The van der Waals surface area contributed by atoms with Crippen molar-refractivity contribution < 1.29 is 198 Å². The van der Waals surface area contributed by atoms with E-state index in [1.165, 1.54) is 0 Å². The van der Waals surface area contributed by atoms with Gasteiger partial charge in [-0.25, -0.2) is 17.5 Å². The van der Waals surface area contributed by atoms with Crippen molar-refractivity contribution in [2.75, 3.05) is 6.61 Å². The van der Waals surface area contributed by atoms with Gasteiger partial charge in [0, 0.05) is 6.42 Å². The van der Waals surface area contributed by atoms with E-state index >= 15 is 0 Å². The van der Waals surface area contributed by atoms with E-state index in [9.17, 15) is 56.1 Å². The number of carbonyl (C=O) groups is 1. The number of aliphatic hydroxyl groups excluding tert-OH is 1. The predicted octanol–water partition coefficient (Wildman–Crippen LogP) is -18.3. The van der Waals surface area contributed by atoms with Crippen LogP contribution in [-0.4, -0.2) is 65.3 Å². The Morgan fingerprint density at radius 2 is 1.61 bits per heavy atom. The molecule has 19 nitrogen and oxygen atoms in total. The number of nitrogens with one attached hydrogen (secondary N) is 1. The summed E-state index contributed by atoms with van der Waals surface area (Å²) >= 11 is 0. The van der Waals surface area contributed by atoms with Gasteiger partial charge in [-0.2, -0.15) is 5.32 Å². The van der Waals surface area contributed by atoms with E-state index in [4.69, 9.17) is 10.1 Å². The van der Waals surface area contributed by atoms with Crippen LogP contribution >= 0.6 is 23.5 Å². The molecule has 2 rings (SSSR count). The summed E-state index contributed by atoms with van der Waals surface area (Å²) in [6.45, 7) is -1.18. The molecule has 2 aliphatic rings. The van der Waals surface area contributed by atoms with Crippen molar-refractivity contribution in [3.05, 3.63) is 0 Å². The predicted molar refractivity (Wildman–Crippen MR) is 85.6 cm³/mol. The molecule has 2 fully saturated rings. The monoisotopic (exact) mass is 637 g/mol. The normalized spacial score (nSPS) is 27.7. The third-order valence-electron chi connectivity index (χ3n) is 3.85. The average Bonchev–Trinajstić information content (AvgIpc) is 2.88. The second kappa shape index (κ2) is 16.7. The third-order valence-corrected chi connectivity index (χ3v) is 8.58. The van der Waals surface area contributed by atoms with Crippen molar-refractivity contribution in [2.45, 2.75) is 36.7 Å². The largest absolute Gasteiger partial charge is 1.00 e. The molecule has 0 aromatic carbocycles. The molecule has 2 saturated heterocycles. The SMILES string of the molecule is [NH2+]=C1CC(S(=O)(=O)[O-])N(C2CC(O)C(COP(=O)([O-])OP(=O)([O-])OP(=O)([O-])[O-])O2)C(=O)N1.[Na+].[Na+].[Na+].[Na+]. The molecular formula is C9H14N3Na4O16P3S. The average molecular weight is 637 g/mol. The van der Waals surface area contributed by atoms with Gasteiger partial charge in [0.25, 0.3) is 21.5 Å².